The molecule has 0 saturated carbocycles. The Morgan fingerprint density at radius 3 is 2.68 bits per heavy atom. The quantitative estimate of drug-likeness (QED) is 0.466. The highest BCUT2D eigenvalue weighted by Gasteiger charge is 2.29. The lowest BCUT2D eigenvalue weighted by Crippen LogP contribution is -2.09. The van der Waals surface area contributed by atoms with Crippen molar-refractivity contribution in [2.24, 2.45) is 0 Å². The van der Waals surface area contributed by atoms with Crippen molar-refractivity contribution in [3.63, 3.8) is 0 Å². The third kappa shape index (κ3) is 2.32. The minimum absolute atomic E-state index is 0.418. The molecule has 0 unspecified atom stereocenters. The minimum atomic E-state index is 0.418. The van der Waals surface area contributed by atoms with Crippen LogP contribution in [0.1, 0.15) is 41.3 Å². The fraction of sp³-hybridized carbons (Fsp3) is 0.217. The fourth-order valence-corrected chi connectivity index (χ4v) is 4.35. The van der Waals surface area contributed by atoms with Crippen molar-refractivity contribution in [2.45, 2.75) is 32.1 Å². The molecule has 0 amide bonds. The van der Waals surface area contributed by atoms with E-state index in [0.29, 0.717) is 5.92 Å². The first-order valence-corrected chi connectivity index (χ1v) is 9.06. The van der Waals surface area contributed by atoms with Crippen LogP contribution in [0.3, 0.4) is 0 Å². The Balaban J connectivity index is 1.66. The van der Waals surface area contributed by atoms with Crippen molar-refractivity contribution in [1.82, 2.24) is 4.98 Å². The summed E-state index contributed by atoms with van der Waals surface area (Å²) in [5, 5.41) is 1.35. The SMILES string of the molecule is Cc1[nH]c2ccccc2c1[C@@H]1CCCc2oc(-c3ccccc3)cc21. The fourth-order valence-electron chi connectivity index (χ4n) is 4.35. The molecule has 0 radical (unpaired) electrons. The van der Waals surface area contributed by atoms with Crippen LogP contribution >= 0.6 is 0 Å². The van der Waals surface area contributed by atoms with Gasteiger partial charge in [-0.2, -0.15) is 0 Å². The van der Waals surface area contributed by atoms with Gasteiger partial charge in [-0.25, -0.2) is 0 Å². The molecule has 0 fully saturated rings. The van der Waals surface area contributed by atoms with E-state index in [-0.39, 0.29) is 0 Å². The molecule has 0 bridgehead atoms. The summed E-state index contributed by atoms with van der Waals surface area (Å²) in [5.41, 5.74) is 6.48. The van der Waals surface area contributed by atoms with Crippen LogP contribution < -0.4 is 0 Å². The summed E-state index contributed by atoms with van der Waals surface area (Å²) in [4.78, 5) is 3.56. The van der Waals surface area contributed by atoms with Gasteiger partial charge in [-0.05, 0) is 37.5 Å². The van der Waals surface area contributed by atoms with E-state index in [9.17, 15) is 0 Å². The maximum Gasteiger partial charge on any atom is 0.134 e. The van der Waals surface area contributed by atoms with E-state index in [1.165, 1.54) is 46.3 Å². The van der Waals surface area contributed by atoms with E-state index in [1.54, 1.807) is 0 Å². The van der Waals surface area contributed by atoms with Crippen molar-refractivity contribution >= 4 is 10.9 Å². The van der Waals surface area contributed by atoms with Gasteiger partial charge in [0.05, 0.1) is 0 Å². The number of hydrogen-bond acceptors (Lipinski definition) is 1. The average molecular weight is 327 g/mol. The summed E-state index contributed by atoms with van der Waals surface area (Å²) in [7, 11) is 0. The first-order valence-electron chi connectivity index (χ1n) is 9.06. The number of nitrogens with one attached hydrogen (secondary N) is 1. The van der Waals surface area contributed by atoms with Crippen molar-refractivity contribution in [1.29, 1.82) is 0 Å². The van der Waals surface area contributed by atoms with Crippen molar-refractivity contribution in [3.8, 4) is 11.3 Å². The van der Waals surface area contributed by atoms with Crippen LogP contribution in [0.2, 0.25) is 0 Å². The molecule has 0 saturated heterocycles. The largest absolute Gasteiger partial charge is 0.461 e. The van der Waals surface area contributed by atoms with Crippen LogP contribution in [0.15, 0.2) is 65.1 Å². The molecule has 2 heteroatoms. The number of hydrogen-bond donors (Lipinski definition) is 1. The Morgan fingerprint density at radius 1 is 1.00 bits per heavy atom. The molecule has 1 aliphatic rings. The van der Waals surface area contributed by atoms with Crippen LogP contribution in [0.5, 0.6) is 0 Å². The average Bonchev–Trinajstić information content (AvgIpc) is 3.22. The Labute approximate surface area is 147 Å². The molecule has 2 heterocycles. The lowest BCUT2D eigenvalue weighted by atomic mass is 9.81. The number of para-hydroxylation sites is 1. The van der Waals surface area contributed by atoms with Crippen LogP contribution in [0, 0.1) is 6.92 Å². The molecular weight excluding hydrogens is 306 g/mol. The number of furan rings is 1. The van der Waals surface area contributed by atoms with Crippen LogP contribution in [0.25, 0.3) is 22.2 Å². The summed E-state index contributed by atoms with van der Waals surface area (Å²) in [6.45, 7) is 2.20. The van der Waals surface area contributed by atoms with Crippen molar-refractivity contribution in [2.75, 3.05) is 0 Å². The lowest BCUT2D eigenvalue weighted by Gasteiger charge is -2.22. The van der Waals surface area contributed by atoms with E-state index in [2.05, 4.69) is 66.5 Å². The van der Waals surface area contributed by atoms with Gasteiger partial charge in [0.1, 0.15) is 11.5 Å². The summed E-state index contributed by atoms with van der Waals surface area (Å²) in [5.74, 6) is 2.58. The summed E-state index contributed by atoms with van der Waals surface area (Å²) in [6, 6.07) is 21.3. The summed E-state index contributed by atoms with van der Waals surface area (Å²) in [6.07, 6.45) is 3.40. The molecule has 5 rings (SSSR count). The lowest BCUT2D eigenvalue weighted by molar-refractivity contribution is 0.473. The van der Waals surface area contributed by atoms with Gasteiger partial charge in [0.2, 0.25) is 0 Å². The number of H-pyrrole nitrogens is 1. The second kappa shape index (κ2) is 5.66. The van der Waals surface area contributed by atoms with Crippen LogP contribution in [0.4, 0.5) is 0 Å². The zero-order valence-corrected chi connectivity index (χ0v) is 14.4. The number of aryl methyl sites for hydroxylation is 2. The summed E-state index contributed by atoms with van der Waals surface area (Å²) < 4.78 is 6.26. The van der Waals surface area contributed by atoms with Gasteiger partial charge >= 0.3 is 0 Å². The first-order chi connectivity index (χ1) is 12.3. The molecule has 0 aliphatic heterocycles. The monoisotopic (exact) mass is 327 g/mol. The van der Waals surface area contributed by atoms with Gasteiger partial charge in [-0.1, -0.05) is 48.5 Å². The van der Waals surface area contributed by atoms with Crippen molar-refractivity contribution in [3.05, 3.63) is 83.2 Å². The van der Waals surface area contributed by atoms with E-state index in [1.807, 2.05) is 6.07 Å². The molecule has 4 aromatic rings. The van der Waals surface area contributed by atoms with E-state index >= 15 is 0 Å². The van der Waals surface area contributed by atoms with Gasteiger partial charge in [0, 0.05) is 40.1 Å². The normalized spacial score (nSPS) is 16.9. The number of aromatic nitrogens is 1. The van der Waals surface area contributed by atoms with E-state index < -0.39 is 0 Å². The highest BCUT2D eigenvalue weighted by atomic mass is 16.3. The van der Waals surface area contributed by atoms with Gasteiger partial charge in [0.15, 0.2) is 0 Å². The third-order valence-electron chi connectivity index (χ3n) is 5.46. The standard InChI is InChI=1S/C23H21NO/c1-15-23(18-10-5-6-12-20(18)24-15)17-11-7-13-21-19(17)14-22(25-21)16-8-3-2-4-9-16/h2-6,8-10,12,14,17,24H,7,11,13H2,1H3/t17-/m1/s1. The highest BCUT2D eigenvalue weighted by Crippen LogP contribution is 2.43. The van der Waals surface area contributed by atoms with Crippen LogP contribution in [-0.2, 0) is 6.42 Å². The number of rotatable bonds is 2. The zero-order chi connectivity index (χ0) is 16.8. The third-order valence-corrected chi connectivity index (χ3v) is 5.46. The highest BCUT2D eigenvalue weighted by molar-refractivity contribution is 5.85. The molecule has 1 N–H and O–H groups in total. The molecule has 2 aromatic carbocycles. The van der Waals surface area contributed by atoms with Gasteiger partial charge in [0.25, 0.3) is 0 Å². The van der Waals surface area contributed by atoms with Crippen molar-refractivity contribution < 1.29 is 4.42 Å². The predicted molar refractivity (Wildman–Crippen MR) is 102 cm³/mol. The molecule has 2 nitrogen and oxygen atoms in total. The zero-order valence-electron chi connectivity index (χ0n) is 14.4. The summed E-state index contributed by atoms with van der Waals surface area (Å²) >= 11 is 0. The molecule has 0 spiro atoms. The Bertz CT molecular complexity index is 1040. The topological polar surface area (TPSA) is 28.9 Å². The second-order valence-electron chi connectivity index (χ2n) is 7.01. The smallest absolute Gasteiger partial charge is 0.134 e. The minimum Gasteiger partial charge on any atom is -0.461 e. The molecule has 1 atom stereocenters. The number of benzene rings is 2. The first kappa shape index (κ1) is 14.6. The van der Waals surface area contributed by atoms with Crippen LogP contribution in [-0.4, -0.2) is 4.98 Å². The number of fused-ring (bicyclic) bond motifs is 2. The maximum absolute atomic E-state index is 6.26. The Morgan fingerprint density at radius 2 is 1.80 bits per heavy atom. The van der Waals surface area contributed by atoms with Gasteiger partial charge < -0.3 is 9.40 Å². The predicted octanol–water partition coefficient (Wildman–Crippen LogP) is 6.20. The molecule has 25 heavy (non-hydrogen) atoms. The van der Waals surface area contributed by atoms with E-state index in [0.717, 1.165) is 17.7 Å². The molecule has 1 aliphatic carbocycles. The molecule has 2 aromatic heterocycles. The van der Waals surface area contributed by atoms with E-state index in [4.69, 9.17) is 4.42 Å². The molecular formula is C23H21NO. The second-order valence-corrected chi connectivity index (χ2v) is 7.01. The van der Waals surface area contributed by atoms with Gasteiger partial charge in [-0.3, -0.25) is 0 Å². The van der Waals surface area contributed by atoms with Gasteiger partial charge in [-0.15, -0.1) is 0 Å². The number of aromatic amines is 1. The molecule has 124 valence electrons. The Hall–Kier alpha value is -2.74. The Kier molecular flexibility index (Phi) is 3.30. The maximum atomic E-state index is 6.26.